The minimum atomic E-state index is -0.351. The molecule has 2 aliphatic heterocycles. The second-order valence-electron chi connectivity index (χ2n) is 6.18. The Morgan fingerprint density at radius 2 is 1.67 bits per heavy atom. The molecule has 0 unspecified atom stereocenters. The number of morpholine rings is 1. The van der Waals surface area contributed by atoms with Gasteiger partial charge < -0.3 is 24.4 Å². The van der Waals surface area contributed by atoms with Crippen molar-refractivity contribution < 1.29 is 23.8 Å². The Balaban J connectivity index is 1.48. The highest BCUT2D eigenvalue weighted by Gasteiger charge is 2.20. The van der Waals surface area contributed by atoms with Crippen LogP contribution < -0.4 is 14.8 Å². The molecule has 0 saturated carbocycles. The van der Waals surface area contributed by atoms with Gasteiger partial charge in [0.05, 0.1) is 24.3 Å². The predicted molar refractivity (Wildman–Crippen MR) is 96.3 cm³/mol. The molecule has 27 heavy (non-hydrogen) atoms. The summed E-state index contributed by atoms with van der Waals surface area (Å²) < 4.78 is 16.2. The van der Waals surface area contributed by atoms with Crippen molar-refractivity contribution in [3.63, 3.8) is 0 Å². The van der Waals surface area contributed by atoms with E-state index in [1.54, 1.807) is 29.2 Å². The Morgan fingerprint density at radius 3 is 2.48 bits per heavy atom. The molecule has 4 rings (SSSR count). The molecule has 1 saturated heterocycles. The molecular weight excluding hydrogens is 350 g/mol. The van der Waals surface area contributed by atoms with E-state index < -0.39 is 0 Å². The SMILES string of the molecule is O=C(Nc1ccc2c(c1)OCCO2)c1cncc(C(=O)N2CCOCC2)c1. The molecule has 8 nitrogen and oxygen atoms in total. The molecule has 1 aromatic heterocycles. The average molecular weight is 369 g/mol. The van der Waals surface area contributed by atoms with Gasteiger partial charge in [-0.1, -0.05) is 0 Å². The van der Waals surface area contributed by atoms with E-state index in [-0.39, 0.29) is 11.8 Å². The van der Waals surface area contributed by atoms with Crippen LogP contribution in [0.4, 0.5) is 5.69 Å². The first-order valence-corrected chi connectivity index (χ1v) is 8.74. The standard InChI is InChI=1S/C19H19N3O5/c23-18(21-15-1-2-16-17(10-15)27-8-7-26-16)13-9-14(12-20-11-13)19(24)22-3-5-25-6-4-22/h1-2,9-12H,3-8H2,(H,21,23). The number of nitrogens with zero attached hydrogens (tertiary/aromatic N) is 2. The van der Waals surface area contributed by atoms with Crippen molar-refractivity contribution in [3.05, 3.63) is 47.8 Å². The molecule has 0 aliphatic carbocycles. The summed E-state index contributed by atoms with van der Waals surface area (Å²) in [7, 11) is 0. The van der Waals surface area contributed by atoms with Gasteiger partial charge >= 0.3 is 0 Å². The van der Waals surface area contributed by atoms with Gasteiger partial charge in [-0.15, -0.1) is 0 Å². The summed E-state index contributed by atoms with van der Waals surface area (Å²) in [5.74, 6) is 0.739. The molecule has 3 heterocycles. The zero-order chi connectivity index (χ0) is 18.6. The Morgan fingerprint density at radius 1 is 0.926 bits per heavy atom. The number of carbonyl (C=O) groups is 2. The lowest BCUT2D eigenvalue weighted by Gasteiger charge is -2.26. The summed E-state index contributed by atoms with van der Waals surface area (Å²) in [4.78, 5) is 30.9. The van der Waals surface area contributed by atoms with Crippen LogP contribution in [-0.4, -0.2) is 61.2 Å². The van der Waals surface area contributed by atoms with E-state index in [9.17, 15) is 9.59 Å². The number of hydrogen-bond acceptors (Lipinski definition) is 6. The number of benzene rings is 1. The molecule has 2 aromatic rings. The minimum Gasteiger partial charge on any atom is -0.486 e. The number of anilines is 1. The Hall–Kier alpha value is -3.13. The van der Waals surface area contributed by atoms with E-state index in [2.05, 4.69) is 10.3 Å². The van der Waals surface area contributed by atoms with E-state index in [0.717, 1.165) is 0 Å². The molecule has 1 fully saturated rings. The van der Waals surface area contributed by atoms with Crippen molar-refractivity contribution in [2.24, 2.45) is 0 Å². The minimum absolute atomic E-state index is 0.153. The molecule has 0 atom stereocenters. The number of aromatic nitrogens is 1. The summed E-state index contributed by atoms with van der Waals surface area (Å²) in [6.45, 7) is 3.08. The lowest BCUT2D eigenvalue weighted by atomic mass is 10.1. The van der Waals surface area contributed by atoms with Crippen molar-refractivity contribution in [2.75, 3.05) is 44.8 Å². The smallest absolute Gasteiger partial charge is 0.257 e. The summed E-state index contributed by atoms with van der Waals surface area (Å²) >= 11 is 0. The van der Waals surface area contributed by atoms with Crippen molar-refractivity contribution in [1.82, 2.24) is 9.88 Å². The number of ether oxygens (including phenoxy) is 3. The fraction of sp³-hybridized carbons (Fsp3) is 0.316. The Kier molecular flexibility index (Phi) is 4.88. The van der Waals surface area contributed by atoms with Crippen LogP contribution in [0.1, 0.15) is 20.7 Å². The molecular formula is C19H19N3O5. The number of pyridine rings is 1. The van der Waals surface area contributed by atoms with E-state index in [0.29, 0.717) is 67.8 Å². The van der Waals surface area contributed by atoms with Crippen LogP contribution in [0, 0.1) is 0 Å². The van der Waals surface area contributed by atoms with E-state index in [1.807, 2.05) is 0 Å². The fourth-order valence-electron chi connectivity index (χ4n) is 2.95. The molecule has 8 heteroatoms. The van der Waals surface area contributed by atoms with Gasteiger partial charge in [0.1, 0.15) is 13.2 Å². The van der Waals surface area contributed by atoms with Crippen molar-refractivity contribution in [1.29, 1.82) is 0 Å². The predicted octanol–water partition coefficient (Wildman–Crippen LogP) is 1.58. The molecule has 1 N–H and O–H groups in total. The maximum Gasteiger partial charge on any atom is 0.257 e. The van der Waals surface area contributed by atoms with Crippen molar-refractivity contribution in [3.8, 4) is 11.5 Å². The first-order valence-electron chi connectivity index (χ1n) is 8.74. The van der Waals surface area contributed by atoms with E-state index >= 15 is 0 Å². The summed E-state index contributed by atoms with van der Waals surface area (Å²) in [6.07, 6.45) is 2.90. The Labute approximate surface area is 156 Å². The summed E-state index contributed by atoms with van der Waals surface area (Å²) in [5, 5.41) is 2.79. The zero-order valence-electron chi connectivity index (χ0n) is 14.6. The molecule has 2 amide bonds. The maximum absolute atomic E-state index is 12.6. The second-order valence-corrected chi connectivity index (χ2v) is 6.18. The highest BCUT2D eigenvalue weighted by Crippen LogP contribution is 2.32. The second kappa shape index (κ2) is 7.63. The molecule has 1 aromatic carbocycles. The molecule has 2 aliphatic rings. The van der Waals surface area contributed by atoms with Gasteiger partial charge in [-0.3, -0.25) is 14.6 Å². The van der Waals surface area contributed by atoms with Gasteiger partial charge in [0.25, 0.3) is 11.8 Å². The van der Waals surface area contributed by atoms with Gasteiger partial charge in [-0.2, -0.15) is 0 Å². The van der Waals surface area contributed by atoms with Gasteiger partial charge in [-0.25, -0.2) is 0 Å². The van der Waals surface area contributed by atoms with E-state index in [4.69, 9.17) is 14.2 Å². The average Bonchev–Trinajstić information content (AvgIpc) is 2.74. The zero-order valence-corrected chi connectivity index (χ0v) is 14.6. The van der Waals surface area contributed by atoms with Crippen LogP contribution in [0.3, 0.4) is 0 Å². The highest BCUT2D eigenvalue weighted by molar-refractivity contribution is 6.06. The van der Waals surface area contributed by atoms with Gasteiger partial charge in [0.15, 0.2) is 11.5 Å². The number of amides is 2. The first kappa shape index (κ1) is 17.3. The first-order chi connectivity index (χ1) is 13.2. The normalized spacial score (nSPS) is 15.9. The summed E-state index contributed by atoms with van der Waals surface area (Å²) in [6, 6.07) is 6.75. The third-order valence-electron chi connectivity index (χ3n) is 4.35. The van der Waals surface area contributed by atoms with E-state index in [1.165, 1.54) is 12.4 Å². The highest BCUT2D eigenvalue weighted by atomic mass is 16.6. The number of nitrogens with one attached hydrogen (secondary N) is 1. The molecule has 140 valence electrons. The lowest BCUT2D eigenvalue weighted by Crippen LogP contribution is -2.40. The quantitative estimate of drug-likeness (QED) is 0.883. The van der Waals surface area contributed by atoms with Crippen LogP contribution in [0.2, 0.25) is 0 Å². The third-order valence-corrected chi connectivity index (χ3v) is 4.35. The largest absolute Gasteiger partial charge is 0.486 e. The van der Waals surface area contributed by atoms with Crippen LogP contribution in [0.15, 0.2) is 36.7 Å². The monoisotopic (exact) mass is 369 g/mol. The molecule has 0 spiro atoms. The van der Waals surface area contributed by atoms with Crippen molar-refractivity contribution in [2.45, 2.75) is 0 Å². The van der Waals surface area contributed by atoms with Crippen LogP contribution >= 0.6 is 0 Å². The third kappa shape index (κ3) is 3.85. The number of rotatable bonds is 3. The van der Waals surface area contributed by atoms with Crippen LogP contribution in [-0.2, 0) is 4.74 Å². The van der Waals surface area contributed by atoms with Gasteiger partial charge in [0, 0.05) is 37.2 Å². The lowest BCUT2D eigenvalue weighted by molar-refractivity contribution is 0.0302. The number of carbonyl (C=O) groups excluding carboxylic acids is 2. The fourth-order valence-corrected chi connectivity index (χ4v) is 2.95. The topological polar surface area (TPSA) is 90.0 Å². The van der Waals surface area contributed by atoms with Crippen LogP contribution in [0.5, 0.6) is 11.5 Å². The molecule has 0 bridgehead atoms. The van der Waals surface area contributed by atoms with Crippen molar-refractivity contribution >= 4 is 17.5 Å². The number of hydrogen-bond donors (Lipinski definition) is 1. The Bertz CT molecular complexity index is 864. The maximum atomic E-state index is 12.6. The van der Waals surface area contributed by atoms with Crippen LogP contribution in [0.25, 0.3) is 0 Å². The number of fused-ring (bicyclic) bond motifs is 1. The molecule has 0 radical (unpaired) electrons. The van der Waals surface area contributed by atoms with Gasteiger partial charge in [0.2, 0.25) is 0 Å². The van der Waals surface area contributed by atoms with Gasteiger partial charge in [-0.05, 0) is 18.2 Å². The summed E-state index contributed by atoms with van der Waals surface area (Å²) in [5.41, 5.74) is 1.27.